The Morgan fingerprint density at radius 3 is 2.71 bits per heavy atom. The Morgan fingerprint density at radius 1 is 1.33 bits per heavy atom. The molecular weight excluding hydrogens is 280 g/mol. The van der Waals surface area contributed by atoms with Crippen molar-refractivity contribution in [1.29, 1.82) is 0 Å². The molecular formula is C13H17F2N5O. The molecule has 6 nitrogen and oxygen atoms in total. The lowest BCUT2D eigenvalue weighted by Gasteiger charge is -2.20. The Hall–Kier alpha value is -2.09. The smallest absolute Gasteiger partial charge is 0.387 e. The van der Waals surface area contributed by atoms with Crippen LogP contribution in [0.4, 0.5) is 8.78 Å². The van der Waals surface area contributed by atoms with Gasteiger partial charge in [0.1, 0.15) is 5.75 Å². The molecule has 0 aliphatic carbocycles. The van der Waals surface area contributed by atoms with Crippen LogP contribution in [0.15, 0.2) is 24.3 Å². The van der Waals surface area contributed by atoms with Crippen molar-refractivity contribution in [2.45, 2.75) is 26.0 Å². The van der Waals surface area contributed by atoms with Crippen LogP contribution in [0, 0.1) is 0 Å². The van der Waals surface area contributed by atoms with Gasteiger partial charge in [-0.05, 0) is 17.8 Å². The minimum atomic E-state index is -2.86. The molecule has 1 aromatic carbocycles. The zero-order chi connectivity index (χ0) is 15.2. The molecule has 1 aromatic heterocycles. The highest BCUT2D eigenvalue weighted by Gasteiger charge is 2.19. The number of likely N-dealkylation sites (N-methyl/N-ethyl adjacent to an activating group) is 1. The first-order chi connectivity index (χ1) is 10.1. The lowest BCUT2D eigenvalue weighted by atomic mass is 10.0. The summed E-state index contributed by atoms with van der Waals surface area (Å²) in [4.78, 5) is 1.36. The second-order valence-corrected chi connectivity index (χ2v) is 4.43. The van der Waals surface area contributed by atoms with E-state index >= 15 is 0 Å². The predicted octanol–water partition coefficient (Wildman–Crippen LogP) is 1.70. The van der Waals surface area contributed by atoms with Gasteiger partial charge in [-0.15, -0.1) is 10.2 Å². The number of halogens is 2. The largest absolute Gasteiger partial charge is 0.434 e. The van der Waals surface area contributed by atoms with Crippen LogP contribution in [0.25, 0.3) is 0 Å². The molecule has 0 saturated carbocycles. The zero-order valence-electron chi connectivity index (χ0n) is 11.8. The molecule has 2 rings (SSSR count). The van der Waals surface area contributed by atoms with Gasteiger partial charge in [0.05, 0.1) is 7.05 Å². The molecule has 1 unspecified atom stereocenters. The maximum Gasteiger partial charge on any atom is 0.387 e. The molecule has 21 heavy (non-hydrogen) atoms. The predicted molar refractivity (Wildman–Crippen MR) is 72.0 cm³/mol. The molecule has 1 atom stereocenters. The van der Waals surface area contributed by atoms with Gasteiger partial charge in [-0.2, -0.15) is 13.6 Å². The normalized spacial score (nSPS) is 12.6. The van der Waals surface area contributed by atoms with Crippen LogP contribution in [-0.2, 0) is 13.5 Å². The van der Waals surface area contributed by atoms with Crippen LogP contribution in [0.3, 0.4) is 0 Å². The van der Waals surface area contributed by atoms with Gasteiger partial charge in [-0.1, -0.05) is 25.1 Å². The molecule has 114 valence electrons. The van der Waals surface area contributed by atoms with Crippen LogP contribution >= 0.6 is 0 Å². The van der Waals surface area contributed by atoms with Crippen LogP contribution in [-0.4, -0.2) is 33.4 Å². The Bertz CT molecular complexity index is 575. The first-order valence-corrected chi connectivity index (χ1v) is 6.60. The Balaban J connectivity index is 2.24. The second kappa shape index (κ2) is 7.07. The molecule has 0 saturated heterocycles. The SMILES string of the molecule is CCNC(Cc1nnn(C)n1)c1ccccc1OC(F)F. The van der Waals surface area contributed by atoms with Crippen molar-refractivity contribution in [3.05, 3.63) is 35.7 Å². The highest BCUT2D eigenvalue weighted by Crippen LogP contribution is 2.28. The molecule has 0 aliphatic heterocycles. The van der Waals surface area contributed by atoms with Gasteiger partial charge >= 0.3 is 6.61 Å². The van der Waals surface area contributed by atoms with E-state index in [0.29, 0.717) is 24.4 Å². The lowest BCUT2D eigenvalue weighted by Crippen LogP contribution is -2.24. The first-order valence-electron chi connectivity index (χ1n) is 6.60. The minimum absolute atomic E-state index is 0.155. The van der Waals surface area contributed by atoms with Crippen LogP contribution in [0.5, 0.6) is 5.75 Å². The number of nitrogens with one attached hydrogen (secondary N) is 1. The quantitative estimate of drug-likeness (QED) is 0.842. The fourth-order valence-electron chi connectivity index (χ4n) is 2.10. The van der Waals surface area contributed by atoms with E-state index < -0.39 is 6.61 Å². The molecule has 1 heterocycles. The molecule has 0 amide bonds. The molecule has 0 spiro atoms. The number of hydrogen-bond donors (Lipinski definition) is 1. The summed E-state index contributed by atoms with van der Waals surface area (Å²) in [5.74, 6) is 0.692. The molecule has 0 bridgehead atoms. The van der Waals surface area contributed by atoms with Crippen LogP contribution in [0.2, 0.25) is 0 Å². The molecule has 0 aliphatic rings. The monoisotopic (exact) mass is 297 g/mol. The maximum absolute atomic E-state index is 12.5. The summed E-state index contributed by atoms with van der Waals surface area (Å²) in [6.45, 7) is -0.246. The maximum atomic E-state index is 12.5. The second-order valence-electron chi connectivity index (χ2n) is 4.43. The van der Waals surface area contributed by atoms with E-state index in [1.54, 1.807) is 25.2 Å². The molecule has 0 radical (unpaired) electrons. The summed E-state index contributed by atoms with van der Waals surface area (Å²) in [7, 11) is 1.67. The summed E-state index contributed by atoms with van der Waals surface area (Å²) >= 11 is 0. The summed E-state index contributed by atoms with van der Waals surface area (Å²) < 4.78 is 29.6. The average Bonchev–Trinajstić information content (AvgIpc) is 2.84. The number of hydrogen-bond acceptors (Lipinski definition) is 5. The number of benzene rings is 1. The number of para-hydroxylation sites is 1. The Kier molecular flexibility index (Phi) is 5.15. The minimum Gasteiger partial charge on any atom is -0.434 e. The van der Waals surface area contributed by atoms with E-state index in [-0.39, 0.29) is 11.8 Å². The first kappa shape index (κ1) is 15.3. The van der Waals surface area contributed by atoms with Crippen molar-refractivity contribution >= 4 is 0 Å². The van der Waals surface area contributed by atoms with Gasteiger partial charge in [-0.3, -0.25) is 0 Å². The third kappa shape index (κ3) is 4.19. The number of tetrazole rings is 1. The van der Waals surface area contributed by atoms with Crippen molar-refractivity contribution in [2.24, 2.45) is 7.05 Å². The number of alkyl halides is 2. The number of rotatable bonds is 7. The highest BCUT2D eigenvalue weighted by molar-refractivity contribution is 5.36. The number of aryl methyl sites for hydroxylation is 1. The standard InChI is InChI=1S/C13H17F2N5O/c1-3-16-10(8-12-17-19-20(2)18-12)9-6-4-5-7-11(9)21-13(14)15/h4-7,10,13,16H,3,8H2,1-2H3. The van der Waals surface area contributed by atoms with Gasteiger partial charge in [0.25, 0.3) is 0 Å². The highest BCUT2D eigenvalue weighted by atomic mass is 19.3. The third-order valence-corrected chi connectivity index (χ3v) is 2.90. The molecule has 0 fully saturated rings. The fourth-order valence-corrected chi connectivity index (χ4v) is 2.10. The lowest BCUT2D eigenvalue weighted by molar-refractivity contribution is -0.0507. The van der Waals surface area contributed by atoms with Crippen LogP contribution in [0.1, 0.15) is 24.4 Å². The number of nitrogens with zero attached hydrogens (tertiary/aromatic N) is 4. The summed E-state index contributed by atoms with van der Waals surface area (Å²) in [5, 5.41) is 15.0. The molecule has 2 aromatic rings. The van der Waals surface area contributed by atoms with Gasteiger partial charge in [-0.25, -0.2) is 0 Å². The van der Waals surface area contributed by atoms with Gasteiger partial charge in [0.2, 0.25) is 0 Å². The molecule has 8 heteroatoms. The summed E-state index contributed by atoms with van der Waals surface area (Å²) in [6.07, 6.45) is 0.436. The van der Waals surface area contributed by atoms with E-state index in [1.165, 1.54) is 10.9 Å². The van der Waals surface area contributed by atoms with Crippen molar-refractivity contribution in [3.63, 3.8) is 0 Å². The van der Waals surface area contributed by atoms with Gasteiger partial charge in [0.15, 0.2) is 5.82 Å². The summed E-state index contributed by atoms with van der Waals surface area (Å²) in [6, 6.07) is 6.48. The third-order valence-electron chi connectivity index (χ3n) is 2.90. The van der Waals surface area contributed by atoms with E-state index in [1.807, 2.05) is 6.92 Å². The van der Waals surface area contributed by atoms with E-state index in [2.05, 4.69) is 25.5 Å². The average molecular weight is 297 g/mol. The topological polar surface area (TPSA) is 64.9 Å². The van der Waals surface area contributed by atoms with E-state index in [4.69, 9.17) is 0 Å². The summed E-state index contributed by atoms with van der Waals surface area (Å²) in [5.41, 5.74) is 0.645. The van der Waals surface area contributed by atoms with E-state index in [0.717, 1.165) is 0 Å². The van der Waals surface area contributed by atoms with Crippen molar-refractivity contribution in [2.75, 3.05) is 6.54 Å². The van der Waals surface area contributed by atoms with Gasteiger partial charge < -0.3 is 10.1 Å². The Morgan fingerprint density at radius 2 is 2.10 bits per heavy atom. The number of ether oxygens (including phenoxy) is 1. The fraction of sp³-hybridized carbons (Fsp3) is 0.462. The number of aromatic nitrogens is 4. The van der Waals surface area contributed by atoms with Crippen molar-refractivity contribution in [3.8, 4) is 5.75 Å². The van der Waals surface area contributed by atoms with Gasteiger partial charge in [0, 0.05) is 18.0 Å². The zero-order valence-corrected chi connectivity index (χ0v) is 11.8. The van der Waals surface area contributed by atoms with Crippen LogP contribution < -0.4 is 10.1 Å². The van der Waals surface area contributed by atoms with E-state index in [9.17, 15) is 8.78 Å². The Labute approximate surface area is 121 Å². The van der Waals surface area contributed by atoms with Crippen molar-refractivity contribution < 1.29 is 13.5 Å². The molecule has 1 N–H and O–H groups in total. The van der Waals surface area contributed by atoms with Crippen molar-refractivity contribution in [1.82, 2.24) is 25.5 Å².